The predicted molar refractivity (Wildman–Crippen MR) is 80.6 cm³/mol. The minimum absolute atomic E-state index is 0.739. The Kier molecular flexibility index (Phi) is 3.38. The summed E-state index contributed by atoms with van der Waals surface area (Å²) in [6.45, 7) is 0. The lowest BCUT2D eigenvalue weighted by Gasteiger charge is -2.04. The van der Waals surface area contributed by atoms with E-state index in [1.165, 1.54) is 0 Å². The van der Waals surface area contributed by atoms with Crippen molar-refractivity contribution in [3.8, 4) is 22.6 Å². The first-order chi connectivity index (χ1) is 9.33. The van der Waals surface area contributed by atoms with E-state index in [4.69, 9.17) is 0 Å². The lowest BCUT2D eigenvalue weighted by Crippen LogP contribution is -1.91. The normalized spacial score (nSPS) is 10.4. The van der Waals surface area contributed by atoms with E-state index in [0.29, 0.717) is 0 Å². The summed E-state index contributed by atoms with van der Waals surface area (Å²) >= 11 is 3.47. The van der Waals surface area contributed by atoms with Gasteiger partial charge in [0.25, 0.3) is 0 Å². The molecule has 0 fully saturated rings. The van der Waals surface area contributed by atoms with Crippen molar-refractivity contribution in [2.24, 2.45) is 0 Å². The van der Waals surface area contributed by atoms with E-state index in [-0.39, 0.29) is 0 Å². The van der Waals surface area contributed by atoms with Gasteiger partial charge >= 0.3 is 0 Å². The van der Waals surface area contributed by atoms with Crippen molar-refractivity contribution in [2.45, 2.75) is 0 Å². The lowest BCUT2D eigenvalue weighted by atomic mass is 10.1. The number of nitrogens with zero attached hydrogens (tertiary/aromatic N) is 2. The van der Waals surface area contributed by atoms with Crippen molar-refractivity contribution in [1.82, 2.24) is 9.97 Å². The topological polar surface area (TPSA) is 25.8 Å². The molecule has 0 aliphatic carbocycles. The Morgan fingerprint density at radius 2 is 1.58 bits per heavy atom. The van der Waals surface area contributed by atoms with Crippen molar-refractivity contribution in [3.05, 3.63) is 71.3 Å². The minimum Gasteiger partial charge on any atom is -0.237 e. The summed E-state index contributed by atoms with van der Waals surface area (Å²) in [5.74, 6) is 0.739. The standard InChI is InChI=1S/C16H11BrN2/c17-14-8-4-7-13(11-14)16-18-10-9-15(19-16)12-5-2-1-3-6-12/h1-11H. The average Bonchev–Trinajstić information content (AvgIpc) is 2.48. The number of benzene rings is 2. The molecule has 0 aliphatic rings. The van der Waals surface area contributed by atoms with Gasteiger partial charge in [0.15, 0.2) is 5.82 Å². The fourth-order valence-corrected chi connectivity index (χ4v) is 2.29. The van der Waals surface area contributed by atoms with Crippen LogP contribution in [0.4, 0.5) is 0 Å². The third-order valence-corrected chi connectivity index (χ3v) is 3.30. The van der Waals surface area contributed by atoms with E-state index in [2.05, 4.69) is 25.9 Å². The summed E-state index contributed by atoms with van der Waals surface area (Å²) in [5, 5.41) is 0. The van der Waals surface area contributed by atoms with Crippen LogP contribution in [0.2, 0.25) is 0 Å². The molecule has 0 spiro atoms. The first kappa shape index (κ1) is 12.1. The molecule has 1 heterocycles. The van der Waals surface area contributed by atoms with Gasteiger partial charge in [0.05, 0.1) is 5.69 Å². The monoisotopic (exact) mass is 310 g/mol. The smallest absolute Gasteiger partial charge is 0.159 e. The fraction of sp³-hybridized carbons (Fsp3) is 0. The van der Waals surface area contributed by atoms with Crippen LogP contribution < -0.4 is 0 Å². The van der Waals surface area contributed by atoms with E-state index >= 15 is 0 Å². The van der Waals surface area contributed by atoms with Gasteiger partial charge in [-0.15, -0.1) is 0 Å². The predicted octanol–water partition coefficient (Wildman–Crippen LogP) is 4.57. The largest absolute Gasteiger partial charge is 0.237 e. The highest BCUT2D eigenvalue weighted by molar-refractivity contribution is 9.10. The van der Waals surface area contributed by atoms with E-state index in [9.17, 15) is 0 Å². The van der Waals surface area contributed by atoms with E-state index in [1.807, 2.05) is 60.7 Å². The Bertz CT molecular complexity index is 696. The Labute approximate surface area is 120 Å². The molecule has 92 valence electrons. The van der Waals surface area contributed by atoms with Crippen LogP contribution >= 0.6 is 15.9 Å². The molecule has 0 unspecified atom stereocenters. The second kappa shape index (κ2) is 5.33. The molecule has 3 rings (SSSR count). The van der Waals surface area contributed by atoms with Crippen molar-refractivity contribution >= 4 is 15.9 Å². The molecule has 2 nitrogen and oxygen atoms in total. The van der Waals surface area contributed by atoms with E-state index in [1.54, 1.807) is 6.20 Å². The van der Waals surface area contributed by atoms with Gasteiger partial charge in [-0.3, -0.25) is 0 Å². The second-order valence-corrected chi connectivity index (χ2v) is 5.06. The second-order valence-electron chi connectivity index (χ2n) is 4.14. The summed E-state index contributed by atoms with van der Waals surface area (Å²) in [5.41, 5.74) is 3.04. The van der Waals surface area contributed by atoms with Crippen LogP contribution in [0.1, 0.15) is 0 Å². The Morgan fingerprint density at radius 3 is 2.37 bits per heavy atom. The van der Waals surface area contributed by atoms with Crippen LogP contribution in [-0.2, 0) is 0 Å². The highest BCUT2D eigenvalue weighted by Crippen LogP contribution is 2.22. The first-order valence-electron chi connectivity index (χ1n) is 5.97. The number of hydrogen-bond acceptors (Lipinski definition) is 2. The molecular weight excluding hydrogens is 300 g/mol. The molecule has 3 heteroatoms. The molecule has 0 saturated carbocycles. The molecule has 0 amide bonds. The van der Waals surface area contributed by atoms with Crippen LogP contribution in [0.5, 0.6) is 0 Å². The SMILES string of the molecule is Brc1cccc(-c2nccc(-c3ccccc3)n2)c1. The third kappa shape index (κ3) is 2.71. The molecule has 0 atom stereocenters. The minimum atomic E-state index is 0.739. The van der Waals surface area contributed by atoms with E-state index < -0.39 is 0 Å². The molecule has 3 aromatic rings. The maximum absolute atomic E-state index is 4.62. The number of halogens is 1. The first-order valence-corrected chi connectivity index (χ1v) is 6.77. The van der Waals surface area contributed by atoms with Crippen LogP contribution in [0.3, 0.4) is 0 Å². The molecule has 0 radical (unpaired) electrons. The summed E-state index contributed by atoms with van der Waals surface area (Å²) in [4.78, 5) is 8.97. The molecule has 2 aromatic carbocycles. The summed E-state index contributed by atoms with van der Waals surface area (Å²) in [6.07, 6.45) is 1.80. The highest BCUT2D eigenvalue weighted by atomic mass is 79.9. The molecular formula is C16H11BrN2. The van der Waals surface area contributed by atoms with Gasteiger partial charge < -0.3 is 0 Å². The van der Waals surface area contributed by atoms with E-state index in [0.717, 1.165) is 27.1 Å². The van der Waals surface area contributed by atoms with Crippen LogP contribution in [0, 0.1) is 0 Å². The third-order valence-electron chi connectivity index (χ3n) is 2.81. The highest BCUT2D eigenvalue weighted by Gasteiger charge is 2.04. The number of aromatic nitrogens is 2. The van der Waals surface area contributed by atoms with Gasteiger partial charge in [0, 0.05) is 21.8 Å². The summed E-state index contributed by atoms with van der Waals surface area (Å²) in [6, 6.07) is 20.0. The van der Waals surface area contributed by atoms with Crippen LogP contribution in [0.15, 0.2) is 71.3 Å². The Morgan fingerprint density at radius 1 is 0.789 bits per heavy atom. The Hall–Kier alpha value is -2.00. The zero-order valence-electron chi connectivity index (χ0n) is 10.1. The zero-order valence-corrected chi connectivity index (χ0v) is 11.7. The molecule has 19 heavy (non-hydrogen) atoms. The van der Waals surface area contributed by atoms with Gasteiger partial charge in [-0.2, -0.15) is 0 Å². The average molecular weight is 311 g/mol. The maximum atomic E-state index is 4.62. The quantitative estimate of drug-likeness (QED) is 0.692. The van der Waals surface area contributed by atoms with Crippen molar-refractivity contribution in [3.63, 3.8) is 0 Å². The van der Waals surface area contributed by atoms with Crippen molar-refractivity contribution in [1.29, 1.82) is 0 Å². The summed E-state index contributed by atoms with van der Waals surface area (Å²) in [7, 11) is 0. The van der Waals surface area contributed by atoms with Crippen LogP contribution in [0.25, 0.3) is 22.6 Å². The maximum Gasteiger partial charge on any atom is 0.159 e. The number of hydrogen-bond donors (Lipinski definition) is 0. The molecule has 0 bridgehead atoms. The van der Waals surface area contributed by atoms with Gasteiger partial charge in [-0.1, -0.05) is 58.4 Å². The molecule has 0 N–H and O–H groups in total. The zero-order chi connectivity index (χ0) is 13.1. The van der Waals surface area contributed by atoms with Crippen molar-refractivity contribution in [2.75, 3.05) is 0 Å². The fourth-order valence-electron chi connectivity index (χ4n) is 1.90. The molecule has 0 saturated heterocycles. The molecule has 0 aliphatic heterocycles. The van der Waals surface area contributed by atoms with Gasteiger partial charge in [0.2, 0.25) is 0 Å². The van der Waals surface area contributed by atoms with Gasteiger partial charge in [-0.25, -0.2) is 9.97 Å². The lowest BCUT2D eigenvalue weighted by molar-refractivity contribution is 1.18. The summed E-state index contributed by atoms with van der Waals surface area (Å²) < 4.78 is 1.03. The van der Waals surface area contributed by atoms with Crippen molar-refractivity contribution < 1.29 is 0 Å². The number of rotatable bonds is 2. The van der Waals surface area contributed by atoms with Crippen LogP contribution in [-0.4, -0.2) is 9.97 Å². The Balaban J connectivity index is 2.06. The van der Waals surface area contributed by atoms with Gasteiger partial charge in [0.1, 0.15) is 0 Å². The molecule has 1 aromatic heterocycles. The van der Waals surface area contributed by atoms with Gasteiger partial charge in [-0.05, 0) is 18.2 Å².